The lowest BCUT2D eigenvalue weighted by atomic mass is 10.1. The molecule has 0 saturated carbocycles. The Kier molecular flexibility index (Phi) is 6.95. The van der Waals surface area contributed by atoms with E-state index >= 15 is 0 Å². The van der Waals surface area contributed by atoms with E-state index < -0.39 is 0 Å². The van der Waals surface area contributed by atoms with Crippen molar-refractivity contribution < 1.29 is 23.9 Å². The zero-order chi connectivity index (χ0) is 22.5. The van der Waals surface area contributed by atoms with Crippen molar-refractivity contribution in [2.45, 2.75) is 39.7 Å². The lowest BCUT2D eigenvalue weighted by Gasteiger charge is -2.18. The van der Waals surface area contributed by atoms with Crippen molar-refractivity contribution >= 4 is 17.7 Å². The van der Waals surface area contributed by atoms with Crippen LogP contribution in [0.15, 0.2) is 36.4 Å². The molecule has 0 fully saturated rings. The van der Waals surface area contributed by atoms with E-state index in [0.29, 0.717) is 29.2 Å². The van der Waals surface area contributed by atoms with Gasteiger partial charge in [0.25, 0.3) is 11.8 Å². The molecule has 3 amide bonds. The molecule has 0 spiro atoms. The van der Waals surface area contributed by atoms with Crippen LogP contribution in [-0.2, 0) is 4.79 Å². The molecule has 7 heteroatoms. The molecule has 1 aliphatic heterocycles. The third kappa shape index (κ3) is 4.87. The van der Waals surface area contributed by atoms with E-state index in [4.69, 9.17) is 9.47 Å². The molecular weight excluding hydrogens is 396 g/mol. The molecule has 1 aliphatic rings. The fourth-order valence-corrected chi connectivity index (χ4v) is 3.50. The largest absolute Gasteiger partial charge is 0.493 e. The second-order valence-corrected chi connectivity index (χ2v) is 7.61. The number of nitrogens with zero attached hydrogens (tertiary/aromatic N) is 1. The van der Waals surface area contributed by atoms with Gasteiger partial charge in [-0.05, 0) is 50.1 Å². The first kappa shape index (κ1) is 22.3. The third-order valence-corrected chi connectivity index (χ3v) is 5.22. The third-order valence-electron chi connectivity index (χ3n) is 5.22. The van der Waals surface area contributed by atoms with Crippen LogP contribution in [0.5, 0.6) is 11.5 Å². The number of carbonyl (C=O) groups is 3. The lowest BCUT2D eigenvalue weighted by Crippen LogP contribution is -2.35. The Balaban J connectivity index is 1.59. The highest BCUT2D eigenvalue weighted by atomic mass is 16.5. The first-order chi connectivity index (χ1) is 14.8. The summed E-state index contributed by atoms with van der Waals surface area (Å²) in [7, 11) is 1.57. The lowest BCUT2D eigenvalue weighted by molar-refractivity contribution is -0.121. The Labute approximate surface area is 182 Å². The van der Waals surface area contributed by atoms with E-state index in [9.17, 15) is 14.4 Å². The number of imide groups is 1. The summed E-state index contributed by atoms with van der Waals surface area (Å²) in [6, 6.07) is 10.4. The Morgan fingerprint density at radius 2 is 1.81 bits per heavy atom. The molecule has 3 rings (SSSR count). The van der Waals surface area contributed by atoms with Crippen LogP contribution in [-0.4, -0.2) is 42.9 Å². The maximum atomic E-state index is 12.5. The highest BCUT2D eigenvalue weighted by Gasteiger charge is 2.35. The minimum Gasteiger partial charge on any atom is -0.493 e. The van der Waals surface area contributed by atoms with Gasteiger partial charge in [-0.3, -0.25) is 19.3 Å². The van der Waals surface area contributed by atoms with Crippen molar-refractivity contribution in [2.24, 2.45) is 0 Å². The molecule has 31 heavy (non-hydrogen) atoms. The van der Waals surface area contributed by atoms with E-state index in [1.165, 1.54) is 0 Å². The van der Waals surface area contributed by atoms with Crippen molar-refractivity contribution in [3.8, 4) is 11.5 Å². The maximum absolute atomic E-state index is 12.5. The number of carbonyl (C=O) groups excluding carboxylic acids is 3. The van der Waals surface area contributed by atoms with Gasteiger partial charge in [-0.1, -0.05) is 24.6 Å². The van der Waals surface area contributed by atoms with Gasteiger partial charge in [-0.25, -0.2) is 0 Å². The summed E-state index contributed by atoms with van der Waals surface area (Å²) in [5.41, 5.74) is 2.57. The summed E-state index contributed by atoms with van der Waals surface area (Å²) in [5, 5.41) is 2.91. The molecule has 1 N–H and O–H groups in total. The van der Waals surface area contributed by atoms with Crippen molar-refractivity contribution in [1.29, 1.82) is 0 Å². The minimum atomic E-state index is -0.353. The average molecular weight is 424 g/mol. The zero-order valence-corrected chi connectivity index (χ0v) is 18.4. The van der Waals surface area contributed by atoms with Crippen LogP contribution >= 0.6 is 0 Å². The number of hydrogen-bond acceptors (Lipinski definition) is 5. The molecule has 2 aromatic rings. The van der Waals surface area contributed by atoms with Crippen LogP contribution in [0.4, 0.5) is 0 Å². The predicted octanol–water partition coefficient (Wildman–Crippen LogP) is 3.66. The van der Waals surface area contributed by atoms with Gasteiger partial charge in [0, 0.05) is 13.0 Å². The average Bonchev–Trinajstić information content (AvgIpc) is 2.99. The van der Waals surface area contributed by atoms with E-state index in [-0.39, 0.29) is 36.7 Å². The Morgan fingerprint density at radius 3 is 2.52 bits per heavy atom. The first-order valence-corrected chi connectivity index (χ1v) is 10.4. The number of methoxy groups -OCH3 is 1. The van der Waals surface area contributed by atoms with E-state index in [2.05, 4.69) is 5.32 Å². The SMILES string of the molecule is CCCOc1ccc(C(C)NC(=O)CCN2C(=O)c3ccc(C)cc3C2=O)cc1OC. The maximum Gasteiger partial charge on any atom is 0.261 e. The van der Waals surface area contributed by atoms with Gasteiger partial charge in [-0.2, -0.15) is 0 Å². The molecule has 1 heterocycles. The standard InChI is InChI=1S/C24H28N2O5/c1-5-12-31-20-9-7-17(14-21(20)30-4)16(3)25-22(27)10-11-26-23(28)18-8-6-15(2)13-19(18)24(26)29/h6-9,13-14,16H,5,10-12H2,1-4H3,(H,25,27). The molecule has 7 nitrogen and oxygen atoms in total. The van der Waals surface area contributed by atoms with Crippen molar-refractivity contribution in [2.75, 3.05) is 20.3 Å². The summed E-state index contributed by atoms with van der Waals surface area (Å²) in [6.07, 6.45) is 0.924. The number of ether oxygens (including phenoxy) is 2. The molecule has 1 unspecified atom stereocenters. The first-order valence-electron chi connectivity index (χ1n) is 10.4. The summed E-state index contributed by atoms with van der Waals surface area (Å²) >= 11 is 0. The highest BCUT2D eigenvalue weighted by Crippen LogP contribution is 2.30. The second kappa shape index (κ2) is 9.64. The molecule has 2 aromatic carbocycles. The van der Waals surface area contributed by atoms with Crippen LogP contribution in [0.2, 0.25) is 0 Å². The molecule has 0 aromatic heterocycles. The highest BCUT2D eigenvalue weighted by molar-refractivity contribution is 6.21. The number of benzene rings is 2. The van der Waals surface area contributed by atoms with E-state index in [1.807, 2.05) is 39.0 Å². The van der Waals surface area contributed by atoms with Gasteiger partial charge in [0.05, 0.1) is 30.9 Å². The molecular formula is C24H28N2O5. The predicted molar refractivity (Wildman–Crippen MR) is 117 cm³/mol. The smallest absolute Gasteiger partial charge is 0.261 e. The number of nitrogens with one attached hydrogen (secondary N) is 1. The van der Waals surface area contributed by atoms with Gasteiger partial charge >= 0.3 is 0 Å². The molecule has 0 aliphatic carbocycles. The van der Waals surface area contributed by atoms with E-state index in [1.54, 1.807) is 25.3 Å². The van der Waals surface area contributed by atoms with Gasteiger partial charge in [-0.15, -0.1) is 0 Å². The van der Waals surface area contributed by atoms with Crippen molar-refractivity contribution in [3.05, 3.63) is 58.7 Å². The Hall–Kier alpha value is -3.35. The quantitative estimate of drug-likeness (QED) is 0.621. The number of aryl methyl sites for hydroxylation is 1. The van der Waals surface area contributed by atoms with Crippen LogP contribution in [0.3, 0.4) is 0 Å². The van der Waals surface area contributed by atoms with E-state index in [0.717, 1.165) is 22.4 Å². The summed E-state index contributed by atoms with van der Waals surface area (Å²) in [5.74, 6) is 0.316. The second-order valence-electron chi connectivity index (χ2n) is 7.61. The molecule has 0 saturated heterocycles. The van der Waals surface area contributed by atoms with Gasteiger partial charge in [0.2, 0.25) is 5.91 Å². The molecule has 0 bridgehead atoms. The number of hydrogen-bond donors (Lipinski definition) is 1. The van der Waals surface area contributed by atoms with Gasteiger partial charge in [0.15, 0.2) is 11.5 Å². The topological polar surface area (TPSA) is 84.9 Å². The van der Waals surface area contributed by atoms with Crippen LogP contribution in [0.25, 0.3) is 0 Å². The summed E-state index contributed by atoms with van der Waals surface area (Å²) in [4.78, 5) is 38.6. The normalized spacial score (nSPS) is 13.7. The Bertz CT molecular complexity index is 1000. The fourth-order valence-electron chi connectivity index (χ4n) is 3.50. The number of rotatable bonds is 9. The summed E-state index contributed by atoms with van der Waals surface area (Å²) in [6.45, 7) is 6.40. The zero-order valence-electron chi connectivity index (χ0n) is 18.4. The van der Waals surface area contributed by atoms with Crippen molar-refractivity contribution in [1.82, 2.24) is 10.2 Å². The van der Waals surface area contributed by atoms with Crippen LogP contribution in [0, 0.1) is 6.92 Å². The van der Waals surface area contributed by atoms with Crippen molar-refractivity contribution in [3.63, 3.8) is 0 Å². The Morgan fingerprint density at radius 1 is 1.06 bits per heavy atom. The molecule has 164 valence electrons. The van der Waals surface area contributed by atoms with Crippen LogP contribution < -0.4 is 14.8 Å². The fraction of sp³-hybridized carbons (Fsp3) is 0.375. The molecule has 1 atom stereocenters. The number of amides is 3. The van der Waals surface area contributed by atoms with Crippen LogP contribution in [0.1, 0.15) is 64.6 Å². The van der Waals surface area contributed by atoms with Gasteiger partial charge < -0.3 is 14.8 Å². The monoisotopic (exact) mass is 424 g/mol. The summed E-state index contributed by atoms with van der Waals surface area (Å²) < 4.78 is 11.1. The minimum absolute atomic E-state index is 0.0314. The molecule has 0 radical (unpaired) electrons. The van der Waals surface area contributed by atoms with Gasteiger partial charge in [0.1, 0.15) is 0 Å². The number of fused-ring (bicyclic) bond motifs is 1.